The van der Waals surface area contributed by atoms with Gasteiger partial charge in [-0.25, -0.2) is 4.98 Å². The lowest BCUT2D eigenvalue weighted by molar-refractivity contribution is -0.0498. The summed E-state index contributed by atoms with van der Waals surface area (Å²) >= 11 is 1.26. The minimum atomic E-state index is -2.83. The molecule has 0 saturated heterocycles. The summed E-state index contributed by atoms with van der Waals surface area (Å²) in [5.74, 6) is -0.000301. The molecule has 1 aromatic carbocycles. The molecule has 0 radical (unpaired) electrons. The highest BCUT2D eigenvalue weighted by Gasteiger charge is 2.09. The number of benzene rings is 1. The van der Waals surface area contributed by atoms with Crippen molar-refractivity contribution in [3.8, 4) is 17.0 Å². The van der Waals surface area contributed by atoms with Crippen LogP contribution in [0.2, 0.25) is 0 Å². The Bertz CT molecular complexity index is 551. The van der Waals surface area contributed by atoms with Gasteiger partial charge in [-0.15, -0.1) is 11.3 Å². The summed E-state index contributed by atoms with van der Waals surface area (Å²) in [7, 11) is 0. The number of ether oxygens (including phenoxy) is 1. The third kappa shape index (κ3) is 2.89. The summed E-state index contributed by atoms with van der Waals surface area (Å²) in [5.41, 5.74) is 1.40. The van der Waals surface area contributed by atoms with Crippen molar-refractivity contribution in [1.29, 1.82) is 0 Å². The minimum absolute atomic E-state index is 0.0933. The van der Waals surface area contributed by atoms with Gasteiger partial charge < -0.3 is 4.74 Å². The van der Waals surface area contributed by atoms with Crippen molar-refractivity contribution in [2.24, 2.45) is 0 Å². The number of hydrogen-bond acceptors (Lipinski definition) is 4. The van der Waals surface area contributed by atoms with Gasteiger partial charge in [-0.2, -0.15) is 8.78 Å². The Morgan fingerprint density at radius 2 is 2.00 bits per heavy atom. The number of rotatable bonds is 4. The van der Waals surface area contributed by atoms with Gasteiger partial charge in [0.1, 0.15) is 5.75 Å². The first-order valence-electron chi connectivity index (χ1n) is 5.08. The Morgan fingerprint density at radius 1 is 1.33 bits per heavy atom. The smallest absolute Gasteiger partial charge is 0.387 e. The molecule has 94 valence electrons. The van der Waals surface area contributed by atoms with E-state index in [0.29, 0.717) is 10.7 Å². The van der Waals surface area contributed by atoms with Gasteiger partial charge in [-0.1, -0.05) is 0 Å². The summed E-state index contributed by atoms with van der Waals surface area (Å²) < 4.78 is 28.2. The topological polar surface area (TPSA) is 39.2 Å². The summed E-state index contributed by atoms with van der Waals surface area (Å²) in [4.78, 5) is 15.3. The molecular formula is C12H9F2NO2S. The van der Waals surface area contributed by atoms with Crippen LogP contribution in [0.15, 0.2) is 29.6 Å². The average Bonchev–Trinajstić information content (AvgIpc) is 2.78. The molecule has 0 aliphatic carbocycles. The highest BCUT2D eigenvalue weighted by atomic mass is 32.1. The lowest BCUT2D eigenvalue weighted by atomic mass is 10.2. The lowest BCUT2D eigenvalue weighted by Gasteiger charge is -2.04. The molecule has 2 aromatic rings. The maximum absolute atomic E-state index is 12.0. The number of aromatic nitrogens is 1. The zero-order valence-corrected chi connectivity index (χ0v) is 10.2. The van der Waals surface area contributed by atoms with Crippen molar-refractivity contribution in [3.63, 3.8) is 0 Å². The van der Waals surface area contributed by atoms with E-state index in [-0.39, 0.29) is 11.5 Å². The number of halogens is 2. The van der Waals surface area contributed by atoms with Crippen molar-refractivity contribution in [3.05, 3.63) is 34.7 Å². The van der Waals surface area contributed by atoms with Crippen LogP contribution in [0, 0.1) is 0 Å². The second-order valence-electron chi connectivity index (χ2n) is 3.50. The number of hydrogen-bond donors (Lipinski definition) is 0. The first-order valence-corrected chi connectivity index (χ1v) is 5.96. The van der Waals surface area contributed by atoms with E-state index >= 15 is 0 Å². The van der Waals surface area contributed by atoms with Crippen LogP contribution in [0.25, 0.3) is 11.3 Å². The number of alkyl halides is 2. The van der Waals surface area contributed by atoms with Gasteiger partial charge in [-0.3, -0.25) is 4.79 Å². The zero-order chi connectivity index (χ0) is 13.1. The second kappa shape index (κ2) is 5.22. The molecule has 0 aliphatic rings. The molecule has 0 N–H and O–H groups in total. The van der Waals surface area contributed by atoms with Crippen molar-refractivity contribution >= 4 is 17.1 Å². The van der Waals surface area contributed by atoms with E-state index < -0.39 is 6.61 Å². The molecule has 1 heterocycles. The van der Waals surface area contributed by atoms with Crippen LogP contribution in [-0.4, -0.2) is 17.4 Å². The molecule has 0 amide bonds. The van der Waals surface area contributed by atoms with Crippen molar-refractivity contribution in [1.82, 2.24) is 4.98 Å². The third-order valence-corrected chi connectivity index (χ3v) is 3.12. The number of carbonyl (C=O) groups excluding carboxylic acids is 1. The molecule has 6 heteroatoms. The van der Waals surface area contributed by atoms with Crippen molar-refractivity contribution < 1.29 is 18.3 Å². The number of nitrogens with zero attached hydrogens (tertiary/aromatic N) is 1. The Hall–Kier alpha value is -1.82. The maximum Gasteiger partial charge on any atom is 0.387 e. The quantitative estimate of drug-likeness (QED) is 0.796. The fourth-order valence-electron chi connectivity index (χ4n) is 1.38. The molecule has 0 bridgehead atoms. The monoisotopic (exact) mass is 269 g/mol. The third-order valence-electron chi connectivity index (χ3n) is 2.18. The predicted octanol–water partition coefficient (Wildman–Crippen LogP) is 3.61. The fraction of sp³-hybridized carbons (Fsp3) is 0.167. The largest absolute Gasteiger partial charge is 0.435 e. The standard InChI is InChI=1S/C12H9F2NO2S/c1-7(16)11-15-10(6-18-11)8-2-4-9(5-3-8)17-12(13)14/h2-6,12H,1H3. The highest BCUT2D eigenvalue weighted by molar-refractivity contribution is 7.12. The molecule has 18 heavy (non-hydrogen) atoms. The van der Waals surface area contributed by atoms with Crippen LogP contribution in [0.4, 0.5) is 8.78 Å². The van der Waals surface area contributed by atoms with Gasteiger partial charge in [0.25, 0.3) is 0 Å². The number of Topliss-reactive ketones (excluding diaryl/α,β-unsaturated/α-hetero) is 1. The van der Waals surface area contributed by atoms with Gasteiger partial charge in [-0.05, 0) is 24.3 Å². The Balaban J connectivity index is 2.20. The summed E-state index contributed by atoms with van der Waals surface area (Å²) in [5, 5.41) is 2.18. The molecule has 0 unspecified atom stereocenters. The molecule has 0 fully saturated rings. The molecule has 0 saturated carbocycles. The number of thiazole rings is 1. The van der Waals surface area contributed by atoms with Gasteiger partial charge in [0.15, 0.2) is 10.8 Å². The Labute approximate surface area is 106 Å². The second-order valence-corrected chi connectivity index (χ2v) is 4.36. The fourth-order valence-corrected chi connectivity index (χ4v) is 2.10. The van der Waals surface area contributed by atoms with Gasteiger partial charge in [0, 0.05) is 17.9 Å². The summed E-state index contributed by atoms with van der Waals surface area (Å²) in [6.07, 6.45) is 0. The molecular weight excluding hydrogens is 260 g/mol. The van der Waals surface area contributed by atoms with E-state index in [4.69, 9.17) is 0 Å². The molecule has 3 nitrogen and oxygen atoms in total. The minimum Gasteiger partial charge on any atom is -0.435 e. The van der Waals surface area contributed by atoms with Crippen molar-refractivity contribution in [2.75, 3.05) is 0 Å². The summed E-state index contributed by atoms with van der Waals surface area (Å²) in [6, 6.07) is 6.12. The molecule has 0 spiro atoms. The van der Waals surface area contributed by atoms with Crippen LogP contribution >= 0.6 is 11.3 Å². The van der Waals surface area contributed by atoms with Gasteiger partial charge in [0.2, 0.25) is 0 Å². The lowest BCUT2D eigenvalue weighted by Crippen LogP contribution is -2.01. The van der Waals surface area contributed by atoms with Crippen LogP contribution < -0.4 is 4.74 Å². The van der Waals surface area contributed by atoms with E-state index in [1.807, 2.05) is 0 Å². The van der Waals surface area contributed by atoms with Crippen LogP contribution in [-0.2, 0) is 0 Å². The summed E-state index contributed by atoms with van der Waals surface area (Å²) in [6.45, 7) is -1.39. The maximum atomic E-state index is 12.0. The van der Waals surface area contributed by atoms with E-state index in [0.717, 1.165) is 5.56 Å². The molecule has 1 aromatic heterocycles. The van der Waals surface area contributed by atoms with E-state index in [1.54, 1.807) is 17.5 Å². The first kappa shape index (κ1) is 12.6. The van der Waals surface area contributed by atoms with E-state index in [2.05, 4.69) is 9.72 Å². The Kier molecular flexibility index (Phi) is 3.66. The SMILES string of the molecule is CC(=O)c1nc(-c2ccc(OC(F)F)cc2)cs1. The number of ketones is 1. The zero-order valence-electron chi connectivity index (χ0n) is 9.39. The van der Waals surface area contributed by atoms with Crippen LogP contribution in [0.3, 0.4) is 0 Å². The van der Waals surface area contributed by atoms with Crippen molar-refractivity contribution in [2.45, 2.75) is 13.5 Å². The highest BCUT2D eigenvalue weighted by Crippen LogP contribution is 2.24. The van der Waals surface area contributed by atoms with Crippen LogP contribution in [0.5, 0.6) is 5.75 Å². The van der Waals surface area contributed by atoms with E-state index in [9.17, 15) is 13.6 Å². The first-order chi connectivity index (χ1) is 8.56. The molecule has 0 aliphatic heterocycles. The Morgan fingerprint density at radius 3 is 2.50 bits per heavy atom. The number of carbonyl (C=O) groups is 1. The van der Waals surface area contributed by atoms with E-state index in [1.165, 1.54) is 30.4 Å². The molecule has 0 atom stereocenters. The predicted molar refractivity (Wildman–Crippen MR) is 64.2 cm³/mol. The van der Waals surface area contributed by atoms with Gasteiger partial charge >= 0.3 is 6.61 Å². The average molecular weight is 269 g/mol. The molecule has 2 rings (SSSR count). The normalized spacial score (nSPS) is 10.7. The van der Waals surface area contributed by atoms with Crippen LogP contribution in [0.1, 0.15) is 16.7 Å². The van der Waals surface area contributed by atoms with Gasteiger partial charge in [0.05, 0.1) is 5.69 Å².